The molecule has 0 spiro atoms. The zero-order valence-corrected chi connectivity index (χ0v) is 15.2. The average Bonchev–Trinajstić information content (AvgIpc) is 2.60. The quantitative estimate of drug-likeness (QED) is 0.739. The van der Waals surface area contributed by atoms with Crippen molar-refractivity contribution in [1.82, 2.24) is 0 Å². The molecular formula is C22H24N2O. The molecule has 0 aliphatic heterocycles. The van der Waals surface area contributed by atoms with Gasteiger partial charge in [0, 0.05) is 11.8 Å². The average molecular weight is 332 g/mol. The maximum absolute atomic E-state index is 12.4. The lowest BCUT2D eigenvalue weighted by molar-refractivity contribution is -0.111. The molecule has 0 aliphatic rings. The van der Waals surface area contributed by atoms with E-state index in [-0.39, 0.29) is 5.91 Å². The van der Waals surface area contributed by atoms with Gasteiger partial charge in [0.15, 0.2) is 0 Å². The molecule has 2 aromatic carbocycles. The van der Waals surface area contributed by atoms with Crippen LogP contribution in [0.25, 0.3) is 6.08 Å². The normalized spacial score (nSPS) is 11.1. The summed E-state index contributed by atoms with van der Waals surface area (Å²) in [5.41, 5.74) is 4.70. The number of amides is 1. The Kier molecular flexibility index (Phi) is 6.14. The number of hydrogen-bond donors (Lipinski definition) is 1. The second-order valence-corrected chi connectivity index (χ2v) is 6.68. The summed E-state index contributed by atoms with van der Waals surface area (Å²) >= 11 is 0. The van der Waals surface area contributed by atoms with Gasteiger partial charge in [0.25, 0.3) is 0 Å². The van der Waals surface area contributed by atoms with Crippen molar-refractivity contribution in [3.63, 3.8) is 0 Å². The fourth-order valence-electron chi connectivity index (χ4n) is 2.70. The summed E-state index contributed by atoms with van der Waals surface area (Å²) in [6, 6.07) is 15.4. The second-order valence-electron chi connectivity index (χ2n) is 6.68. The standard InChI is InChI=1S/C22H24N2O/c1-15(2)19-6-5-7-20(16(3)4)22(19)24-21(25)13-12-17-8-10-18(14-23)11-9-17/h5-13,15-16H,1-4H3,(H,24,25)/b13-12+. The summed E-state index contributed by atoms with van der Waals surface area (Å²) in [7, 11) is 0. The number of nitrogens with one attached hydrogen (secondary N) is 1. The van der Waals surface area contributed by atoms with E-state index in [0.29, 0.717) is 17.4 Å². The molecule has 25 heavy (non-hydrogen) atoms. The molecule has 1 N–H and O–H groups in total. The number of benzene rings is 2. The number of anilines is 1. The molecule has 0 radical (unpaired) electrons. The van der Waals surface area contributed by atoms with Crippen molar-refractivity contribution in [1.29, 1.82) is 5.26 Å². The third-order valence-corrected chi connectivity index (χ3v) is 4.09. The van der Waals surface area contributed by atoms with Gasteiger partial charge in [0.05, 0.1) is 11.6 Å². The van der Waals surface area contributed by atoms with Gasteiger partial charge < -0.3 is 5.32 Å². The lowest BCUT2D eigenvalue weighted by Gasteiger charge is -2.19. The van der Waals surface area contributed by atoms with Crippen molar-refractivity contribution in [2.45, 2.75) is 39.5 Å². The number of para-hydroxylation sites is 1. The topological polar surface area (TPSA) is 52.9 Å². The molecule has 0 atom stereocenters. The molecule has 2 aromatic rings. The summed E-state index contributed by atoms with van der Waals surface area (Å²) in [6.07, 6.45) is 3.28. The van der Waals surface area contributed by atoms with Gasteiger partial charge in [-0.3, -0.25) is 4.79 Å². The van der Waals surface area contributed by atoms with E-state index in [2.05, 4.69) is 51.2 Å². The van der Waals surface area contributed by atoms with Crippen molar-refractivity contribution in [2.24, 2.45) is 0 Å². The summed E-state index contributed by atoms with van der Waals surface area (Å²) in [5, 5.41) is 11.9. The predicted octanol–water partition coefficient (Wildman–Crippen LogP) is 5.46. The van der Waals surface area contributed by atoms with Gasteiger partial charge in [-0.2, -0.15) is 5.26 Å². The molecule has 0 fully saturated rings. The van der Waals surface area contributed by atoms with Gasteiger partial charge in [-0.05, 0) is 46.7 Å². The van der Waals surface area contributed by atoms with Gasteiger partial charge in [-0.25, -0.2) is 0 Å². The maximum Gasteiger partial charge on any atom is 0.248 e. The summed E-state index contributed by atoms with van der Waals surface area (Å²) in [4.78, 5) is 12.4. The Balaban J connectivity index is 2.22. The number of carbonyl (C=O) groups is 1. The summed E-state index contributed by atoms with van der Waals surface area (Å²) in [5.74, 6) is 0.507. The molecule has 128 valence electrons. The van der Waals surface area contributed by atoms with Crippen molar-refractivity contribution in [2.75, 3.05) is 5.32 Å². The van der Waals surface area contributed by atoms with Crippen LogP contribution in [0.5, 0.6) is 0 Å². The minimum Gasteiger partial charge on any atom is -0.322 e. The molecular weight excluding hydrogens is 308 g/mol. The number of carbonyl (C=O) groups excluding carboxylic acids is 1. The van der Waals surface area contributed by atoms with Crippen molar-refractivity contribution < 1.29 is 4.79 Å². The molecule has 0 aromatic heterocycles. The maximum atomic E-state index is 12.4. The predicted molar refractivity (Wildman–Crippen MR) is 103 cm³/mol. The van der Waals surface area contributed by atoms with Gasteiger partial charge in [-0.15, -0.1) is 0 Å². The fraction of sp³-hybridized carbons (Fsp3) is 0.273. The molecule has 3 heteroatoms. The van der Waals surface area contributed by atoms with E-state index in [9.17, 15) is 4.79 Å². The van der Waals surface area contributed by atoms with E-state index in [1.807, 2.05) is 18.2 Å². The SMILES string of the molecule is CC(C)c1cccc(C(C)C)c1NC(=O)/C=C/c1ccc(C#N)cc1. The molecule has 0 aliphatic carbocycles. The highest BCUT2D eigenvalue weighted by atomic mass is 16.1. The largest absolute Gasteiger partial charge is 0.322 e. The van der Waals surface area contributed by atoms with Crippen LogP contribution < -0.4 is 5.32 Å². The third-order valence-electron chi connectivity index (χ3n) is 4.09. The van der Waals surface area contributed by atoms with Crippen LogP contribution in [0.15, 0.2) is 48.5 Å². The first kappa shape index (κ1) is 18.5. The van der Waals surface area contributed by atoms with Crippen LogP contribution in [-0.4, -0.2) is 5.91 Å². The van der Waals surface area contributed by atoms with E-state index in [0.717, 1.165) is 22.4 Å². The zero-order valence-electron chi connectivity index (χ0n) is 15.2. The molecule has 2 rings (SSSR count). The molecule has 0 saturated heterocycles. The van der Waals surface area contributed by atoms with Crippen LogP contribution in [-0.2, 0) is 4.79 Å². The van der Waals surface area contributed by atoms with Crippen LogP contribution in [0.2, 0.25) is 0 Å². The highest BCUT2D eigenvalue weighted by Gasteiger charge is 2.14. The Hall–Kier alpha value is -2.86. The van der Waals surface area contributed by atoms with Gasteiger partial charge in [0.2, 0.25) is 5.91 Å². The van der Waals surface area contributed by atoms with Crippen LogP contribution in [0.1, 0.15) is 61.8 Å². The summed E-state index contributed by atoms with van der Waals surface area (Å²) in [6.45, 7) is 8.51. The first-order valence-electron chi connectivity index (χ1n) is 8.54. The van der Waals surface area contributed by atoms with Gasteiger partial charge in [0.1, 0.15) is 0 Å². The number of hydrogen-bond acceptors (Lipinski definition) is 2. The van der Waals surface area contributed by atoms with Gasteiger partial charge >= 0.3 is 0 Å². The Bertz CT molecular complexity index is 783. The monoisotopic (exact) mass is 332 g/mol. The van der Waals surface area contributed by atoms with E-state index >= 15 is 0 Å². The molecule has 1 amide bonds. The first-order valence-corrected chi connectivity index (χ1v) is 8.54. The minimum absolute atomic E-state index is 0.153. The molecule has 3 nitrogen and oxygen atoms in total. The Labute approximate surface area is 150 Å². The number of rotatable bonds is 5. The minimum atomic E-state index is -0.153. The Morgan fingerprint density at radius 3 is 2.04 bits per heavy atom. The summed E-state index contributed by atoms with van der Waals surface area (Å²) < 4.78 is 0. The molecule has 0 bridgehead atoms. The smallest absolute Gasteiger partial charge is 0.248 e. The molecule has 0 heterocycles. The second kappa shape index (κ2) is 8.30. The van der Waals surface area contributed by atoms with Crippen LogP contribution in [0.3, 0.4) is 0 Å². The zero-order chi connectivity index (χ0) is 18.4. The van der Waals surface area contributed by atoms with Crippen LogP contribution >= 0.6 is 0 Å². The van der Waals surface area contributed by atoms with E-state index in [1.54, 1.807) is 18.2 Å². The number of nitrogens with zero attached hydrogens (tertiary/aromatic N) is 1. The fourth-order valence-corrected chi connectivity index (χ4v) is 2.70. The highest BCUT2D eigenvalue weighted by molar-refractivity contribution is 6.03. The lowest BCUT2D eigenvalue weighted by atomic mass is 9.92. The van der Waals surface area contributed by atoms with E-state index in [1.165, 1.54) is 6.08 Å². The molecule has 0 saturated carbocycles. The van der Waals surface area contributed by atoms with E-state index < -0.39 is 0 Å². The van der Waals surface area contributed by atoms with Crippen molar-refractivity contribution in [3.05, 3.63) is 70.8 Å². The first-order chi connectivity index (χ1) is 11.9. The van der Waals surface area contributed by atoms with Crippen LogP contribution in [0.4, 0.5) is 5.69 Å². The third kappa shape index (κ3) is 4.81. The molecule has 0 unspecified atom stereocenters. The van der Waals surface area contributed by atoms with Crippen LogP contribution in [0, 0.1) is 11.3 Å². The highest BCUT2D eigenvalue weighted by Crippen LogP contribution is 2.32. The Morgan fingerprint density at radius 2 is 1.56 bits per heavy atom. The van der Waals surface area contributed by atoms with Gasteiger partial charge in [-0.1, -0.05) is 58.0 Å². The van der Waals surface area contributed by atoms with Crippen molar-refractivity contribution in [3.8, 4) is 6.07 Å². The number of nitriles is 1. The lowest BCUT2D eigenvalue weighted by Crippen LogP contribution is -2.13. The van der Waals surface area contributed by atoms with Crippen molar-refractivity contribution >= 4 is 17.7 Å². The van der Waals surface area contributed by atoms with E-state index in [4.69, 9.17) is 5.26 Å². The Morgan fingerprint density at radius 1 is 1.00 bits per heavy atom.